The zero-order valence-corrected chi connectivity index (χ0v) is 21.0. The van der Waals surface area contributed by atoms with Crippen LogP contribution < -0.4 is 0 Å². The lowest BCUT2D eigenvalue weighted by atomic mass is 9.66. The Morgan fingerprint density at radius 2 is 1.24 bits per heavy atom. The van der Waals surface area contributed by atoms with Crippen LogP contribution in [-0.4, -0.2) is 24.0 Å². The average molecular weight is 485 g/mol. The van der Waals surface area contributed by atoms with E-state index in [-0.39, 0.29) is 0 Å². The lowest BCUT2D eigenvalue weighted by molar-refractivity contribution is 0.181. The number of aryl methyl sites for hydroxylation is 3. The minimum absolute atomic E-state index is 0.307. The number of benzene rings is 3. The van der Waals surface area contributed by atoms with Crippen molar-refractivity contribution in [3.63, 3.8) is 0 Å². The lowest BCUT2D eigenvalue weighted by Crippen LogP contribution is -2.30. The topological polar surface area (TPSA) is 49.7 Å². The Labute approximate surface area is 207 Å². The summed E-state index contributed by atoms with van der Waals surface area (Å²) in [6, 6.07) is 21.3. The Morgan fingerprint density at radius 1 is 0.727 bits per heavy atom. The van der Waals surface area contributed by atoms with Crippen LogP contribution >= 0.6 is 23.2 Å². The highest BCUT2D eigenvalue weighted by atomic mass is 35.5. The van der Waals surface area contributed by atoms with E-state index in [9.17, 15) is 0 Å². The molecule has 0 bridgehead atoms. The van der Waals surface area contributed by atoms with Gasteiger partial charge in [0.2, 0.25) is 0 Å². The molecular weight excluding hydrogens is 454 g/mol. The van der Waals surface area contributed by atoms with Gasteiger partial charge in [-0.3, -0.25) is 0 Å². The second kappa shape index (κ2) is 11.5. The first kappa shape index (κ1) is 25.8. The number of rotatable bonds is 10. The van der Waals surface area contributed by atoms with Crippen LogP contribution in [0.4, 0.5) is 0 Å². The fraction of sp³-hybridized carbons (Fsp3) is 0.333. The number of hydrogen-bond donors (Lipinski definition) is 2. The van der Waals surface area contributed by atoms with Gasteiger partial charge in [-0.15, -0.1) is 0 Å². The average Bonchev–Trinajstić information content (AvgIpc) is 2.78. The first-order chi connectivity index (χ1) is 15.7. The third kappa shape index (κ3) is 6.20. The molecule has 33 heavy (non-hydrogen) atoms. The van der Waals surface area contributed by atoms with Gasteiger partial charge in [-0.05, 0) is 73.6 Å². The van der Waals surface area contributed by atoms with E-state index in [2.05, 4.69) is 67.6 Å². The maximum absolute atomic E-state index is 8.91. The quantitative estimate of drug-likeness (QED) is 0.189. The second-order valence-electron chi connectivity index (χ2n) is 8.71. The maximum atomic E-state index is 8.91. The fourth-order valence-corrected chi connectivity index (χ4v) is 4.71. The number of halogens is 2. The standard InChI is InChI=1S/C27H31BCl2O3/c1-19-7-11-22(12-8-19)27(15-5-4-6-16-33-28(31)32,23-13-9-20(2)25(29)17-23)24-14-10-21(3)26(30)18-24/h7-14,17-18,31-32H,4-6,15-16H2,1-3H3. The molecule has 3 aromatic rings. The van der Waals surface area contributed by atoms with E-state index in [4.69, 9.17) is 37.9 Å². The second-order valence-corrected chi connectivity index (χ2v) is 9.52. The highest BCUT2D eigenvalue weighted by molar-refractivity contribution is 6.32. The highest BCUT2D eigenvalue weighted by Gasteiger charge is 2.36. The lowest BCUT2D eigenvalue weighted by Gasteiger charge is -2.37. The molecule has 0 saturated heterocycles. The Bertz CT molecular complexity index is 1020. The third-order valence-corrected chi connectivity index (χ3v) is 7.15. The summed E-state index contributed by atoms with van der Waals surface area (Å²) in [5.74, 6) is 0. The van der Waals surface area contributed by atoms with Gasteiger partial charge < -0.3 is 14.7 Å². The first-order valence-electron chi connectivity index (χ1n) is 11.3. The van der Waals surface area contributed by atoms with E-state index in [1.807, 2.05) is 13.8 Å². The van der Waals surface area contributed by atoms with Gasteiger partial charge in [0, 0.05) is 22.1 Å². The smallest absolute Gasteiger partial charge is 0.402 e. The monoisotopic (exact) mass is 484 g/mol. The summed E-state index contributed by atoms with van der Waals surface area (Å²) in [5, 5.41) is 19.3. The van der Waals surface area contributed by atoms with Gasteiger partial charge in [0.15, 0.2) is 0 Å². The molecule has 0 aromatic heterocycles. The molecule has 6 heteroatoms. The van der Waals surface area contributed by atoms with E-state index < -0.39 is 12.7 Å². The summed E-state index contributed by atoms with van der Waals surface area (Å²) < 4.78 is 4.88. The molecule has 0 amide bonds. The van der Waals surface area contributed by atoms with Crippen LogP contribution in [0.5, 0.6) is 0 Å². The zero-order chi connectivity index (χ0) is 24.0. The van der Waals surface area contributed by atoms with E-state index in [0.29, 0.717) is 6.61 Å². The van der Waals surface area contributed by atoms with Crippen LogP contribution in [0.25, 0.3) is 0 Å². The van der Waals surface area contributed by atoms with Crippen LogP contribution in [0.15, 0.2) is 60.7 Å². The van der Waals surface area contributed by atoms with Gasteiger partial charge in [0.1, 0.15) is 0 Å². The normalized spacial score (nSPS) is 11.6. The van der Waals surface area contributed by atoms with Gasteiger partial charge in [0.05, 0.1) is 0 Å². The molecule has 0 unspecified atom stereocenters. The van der Waals surface area contributed by atoms with Crippen molar-refractivity contribution < 1.29 is 14.7 Å². The Kier molecular flexibility index (Phi) is 9.03. The molecule has 0 saturated carbocycles. The summed E-state index contributed by atoms with van der Waals surface area (Å²) in [5.41, 5.74) is 6.30. The molecule has 0 spiro atoms. The fourth-order valence-electron chi connectivity index (χ4n) is 4.35. The molecule has 3 nitrogen and oxygen atoms in total. The molecular formula is C27H31BCl2O3. The van der Waals surface area contributed by atoms with E-state index in [0.717, 1.165) is 58.0 Å². The molecule has 0 atom stereocenters. The van der Waals surface area contributed by atoms with Crippen LogP contribution in [-0.2, 0) is 10.1 Å². The molecule has 3 rings (SSSR count). The van der Waals surface area contributed by atoms with E-state index >= 15 is 0 Å². The highest BCUT2D eigenvalue weighted by Crippen LogP contribution is 2.45. The predicted octanol–water partition coefficient (Wildman–Crippen LogP) is 6.80. The molecule has 0 aliphatic rings. The predicted molar refractivity (Wildman–Crippen MR) is 138 cm³/mol. The molecule has 0 aliphatic heterocycles. The van der Waals surface area contributed by atoms with Crippen LogP contribution in [0.3, 0.4) is 0 Å². The maximum Gasteiger partial charge on any atom is 0.633 e. The van der Waals surface area contributed by atoms with Crippen molar-refractivity contribution in [2.75, 3.05) is 6.61 Å². The van der Waals surface area contributed by atoms with Crippen molar-refractivity contribution >= 4 is 30.5 Å². The van der Waals surface area contributed by atoms with Crippen LogP contribution in [0.2, 0.25) is 10.0 Å². The molecule has 2 N–H and O–H groups in total. The summed E-state index contributed by atoms with van der Waals surface area (Å²) >= 11 is 13.2. The van der Waals surface area contributed by atoms with Gasteiger partial charge >= 0.3 is 7.32 Å². The molecule has 0 fully saturated rings. The van der Waals surface area contributed by atoms with E-state index in [1.165, 1.54) is 11.1 Å². The van der Waals surface area contributed by atoms with Gasteiger partial charge in [-0.25, -0.2) is 0 Å². The third-order valence-electron chi connectivity index (χ3n) is 6.34. The minimum atomic E-state index is -1.72. The van der Waals surface area contributed by atoms with Crippen molar-refractivity contribution in [1.29, 1.82) is 0 Å². The molecule has 174 valence electrons. The van der Waals surface area contributed by atoms with Gasteiger partial charge in [0.25, 0.3) is 0 Å². The SMILES string of the molecule is Cc1ccc(C(CCCCCOB(O)O)(c2ccc(C)c(Cl)c2)c2ccc(C)c(Cl)c2)cc1. The van der Waals surface area contributed by atoms with Crippen molar-refractivity contribution in [3.05, 3.63) is 104 Å². The summed E-state index contributed by atoms with van der Waals surface area (Å²) in [4.78, 5) is 0. The number of hydrogen-bond acceptors (Lipinski definition) is 3. The first-order valence-corrected chi connectivity index (χ1v) is 12.1. The summed E-state index contributed by atoms with van der Waals surface area (Å²) in [6.07, 6.45) is 3.39. The summed E-state index contributed by atoms with van der Waals surface area (Å²) in [7, 11) is -1.72. The molecule has 0 radical (unpaired) electrons. The van der Waals surface area contributed by atoms with Crippen LogP contribution in [0.1, 0.15) is 59.1 Å². The molecule has 0 heterocycles. The minimum Gasteiger partial charge on any atom is -0.402 e. The van der Waals surface area contributed by atoms with Crippen molar-refractivity contribution in [2.24, 2.45) is 0 Å². The van der Waals surface area contributed by atoms with Crippen LogP contribution in [0, 0.1) is 20.8 Å². The van der Waals surface area contributed by atoms with Crippen molar-refractivity contribution in [2.45, 2.75) is 51.9 Å². The van der Waals surface area contributed by atoms with E-state index in [1.54, 1.807) is 0 Å². The van der Waals surface area contributed by atoms with Gasteiger partial charge in [-0.2, -0.15) is 0 Å². The van der Waals surface area contributed by atoms with Crippen molar-refractivity contribution in [1.82, 2.24) is 0 Å². The zero-order valence-electron chi connectivity index (χ0n) is 19.4. The van der Waals surface area contributed by atoms with Crippen molar-refractivity contribution in [3.8, 4) is 0 Å². The molecule has 3 aromatic carbocycles. The summed E-state index contributed by atoms with van der Waals surface area (Å²) in [6.45, 7) is 6.42. The Balaban J connectivity index is 2.10. The number of unbranched alkanes of at least 4 members (excludes halogenated alkanes) is 2. The molecule has 0 aliphatic carbocycles. The Morgan fingerprint density at radius 3 is 1.73 bits per heavy atom. The largest absolute Gasteiger partial charge is 0.633 e. The van der Waals surface area contributed by atoms with Gasteiger partial charge in [-0.1, -0.05) is 90.1 Å². The Hall–Kier alpha value is -1.82.